The zero-order valence-corrected chi connectivity index (χ0v) is 8.73. The Hall–Kier alpha value is -0.223. The minimum atomic E-state index is -1.35. The minimum Gasteiger partial charge on any atom is -0.134 e. The molecule has 0 aliphatic carbocycles. The Morgan fingerprint density at radius 2 is 1.40 bits per heavy atom. The van der Waals surface area contributed by atoms with Gasteiger partial charge in [-0.1, -0.05) is 34.2 Å². The van der Waals surface area contributed by atoms with Crippen molar-refractivity contribution in [3.63, 3.8) is 0 Å². The van der Waals surface area contributed by atoms with E-state index in [2.05, 4.69) is 39.8 Å². The molecule has 0 aromatic heterocycles. The fourth-order valence-electron chi connectivity index (χ4n) is 1.00. The first kappa shape index (κ1) is 9.78. The minimum absolute atomic E-state index is 0.706. The standard InChI is InChI=1S/C9H18Si/c1-7-10(6,8(2)3)9(4)5/h1,8-9H,2-6H3. The normalized spacial score (nSPS) is 12.2. The Morgan fingerprint density at radius 3 is 1.40 bits per heavy atom. The molecule has 0 fully saturated rings. The van der Waals surface area contributed by atoms with Crippen LogP contribution in [-0.4, -0.2) is 8.07 Å². The Kier molecular flexibility index (Phi) is 3.18. The van der Waals surface area contributed by atoms with Gasteiger partial charge in [-0.05, 0) is 11.1 Å². The molecular formula is C9H18Si. The molecule has 10 heavy (non-hydrogen) atoms. The van der Waals surface area contributed by atoms with Gasteiger partial charge in [-0.3, -0.25) is 0 Å². The average molecular weight is 154 g/mol. The predicted octanol–water partition coefficient (Wildman–Crippen LogP) is 3.06. The maximum Gasteiger partial charge on any atom is 0.140 e. The Morgan fingerprint density at radius 1 is 1.10 bits per heavy atom. The van der Waals surface area contributed by atoms with E-state index in [1.807, 2.05) is 0 Å². The summed E-state index contributed by atoms with van der Waals surface area (Å²) in [5.41, 5.74) is 4.43. The van der Waals surface area contributed by atoms with Crippen LogP contribution in [0.25, 0.3) is 0 Å². The van der Waals surface area contributed by atoms with Gasteiger partial charge in [0.1, 0.15) is 8.07 Å². The summed E-state index contributed by atoms with van der Waals surface area (Å²) in [5, 5.41) is 0. The molecule has 0 saturated heterocycles. The van der Waals surface area contributed by atoms with Crippen LogP contribution in [0.4, 0.5) is 0 Å². The molecular weight excluding hydrogens is 136 g/mol. The Labute approximate surface area is 66.0 Å². The van der Waals surface area contributed by atoms with E-state index in [0.717, 1.165) is 0 Å². The highest BCUT2D eigenvalue weighted by Gasteiger charge is 2.32. The lowest BCUT2D eigenvalue weighted by Crippen LogP contribution is -2.35. The second-order valence-electron chi connectivity index (χ2n) is 3.74. The molecule has 0 aliphatic heterocycles. The molecule has 0 N–H and O–H groups in total. The predicted molar refractivity (Wildman–Crippen MR) is 50.6 cm³/mol. The molecule has 0 nitrogen and oxygen atoms in total. The van der Waals surface area contributed by atoms with Crippen molar-refractivity contribution in [2.45, 2.75) is 45.3 Å². The van der Waals surface area contributed by atoms with Crippen LogP contribution in [0.5, 0.6) is 0 Å². The van der Waals surface area contributed by atoms with Crippen LogP contribution in [0.2, 0.25) is 17.6 Å². The Balaban J connectivity index is 4.43. The maximum absolute atomic E-state index is 5.52. The third-order valence-electron chi connectivity index (χ3n) is 2.71. The first-order chi connectivity index (χ1) is 4.45. The Bertz CT molecular complexity index is 131. The van der Waals surface area contributed by atoms with Crippen LogP contribution in [-0.2, 0) is 0 Å². The van der Waals surface area contributed by atoms with Gasteiger partial charge in [0.15, 0.2) is 0 Å². The molecule has 0 heterocycles. The van der Waals surface area contributed by atoms with E-state index in [0.29, 0.717) is 11.1 Å². The molecule has 58 valence electrons. The van der Waals surface area contributed by atoms with Gasteiger partial charge in [0.2, 0.25) is 0 Å². The quantitative estimate of drug-likeness (QED) is 0.423. The molecule has 0 amide bonds. The van der Waals surface area contributed by atoms with E-state index in [1.54, 1.807) is 0 Å². The zero-order chi connectivity index (χ0) is 8.36. The maximum atomic E-state index is 5.52. The van der Waals surface area contributed by atoms with E-state index >= 15 is 0 Å². The molecule has 0 aromatic carbocycles. The van der Waals surface area contributed by atoms with Crippen LogP contribution in [0.1, 0.15) is 27.7 Å². The molecule has 0 atom stereocenters. The van der Waals surface area contributed by atoms with Crippen molar-refractivity contribution in [3.8, 4) is 12.0 Å². The van der Waals surface area contributed by atoms with Crippen LogP contribution < -0.4 is 0 Å². The van der Waals surface area contributed by atoms with Gasteiger partial charge in [0.05, 0.1) is 0 Å². The van der Waals surface area contributed by atoms with Gasteiger partial charge >= 0.3 is 0 Å². The van der Waals surface area contributed by atoms with Gasteiger partial charge in [-0.2, -0.15) is 0 Å². The summed E-state index contributed by atoms with van der Waals surface area (Å²) >= 11 is 0. The SMILES string of the molecule is C#C[Si](C)(C(C)C)C(C)C. The fraction of sp³-hybridized carbons (Fsp3) is 0.778. The summed E-state index contributed by atoms with van der Waals surface area (Å²) in [6.45, 7) is 11.3. The largest absolute Gasteiger partial charge is 0.140 e. The average Bonchev–Trinajstić information content (AvgIpc) is 1.85. The summed E-state index contributed by atoms with van der Waals surface area (Å²) in [4.78, 5) is 0. The first-order valence-corrected chi connectivity index (χ1v) is 6.58. The first-order valence-electron chi connectivity index (χ1n) is 3.93. The monoisotopic (exact) mass is 154 g/mol. The molecule has 1 heteroatoms. The highest BCUT2D eigenvalue weighted by molar-refractivity contribution is 6.88. The third-order valence-corrected chi connectivity index (χ3v) is 8.13. The lowest BCUT2D eigenvalue weighted by atomic mass is 10.5. The van der Waals surface area contributed by atoms with Crippen LogP contribution in [0.3, 0.4) is 0 Å². The summed E-state index contributed by atoms with van der Waals surface area (Å²) in [7, 11) is -1.35. The van der Waals surface area contributed by atoms with Gasteiger partial charge < -0.3 is 0 Å². The van der Waals surface area contributed by atoms with Gasteiger partial charge in [0.25, 0.3) is 0 Å². The summed E-state index contributed by atoms with van der Waals surface area (Å²) < 4.78 is 0. The molecule has 0 unspecified atom stereocenters. The van der Waals surface area contributed by atoms with Crippen molar-refractivity contribution in [1.29, 1.82) is 0 Å². The summed E-state index contributed by atoms with van der Waals surface area (Å²) in [5.74, 6) is 0. The van der Waals surface area contributed by atoms with Crippen LogP contribution >= 0.6 is 0 Å². The molecule has 0 spiro atoms. The molecule has 0 rings (SSSR count). The van der Waals surface area contributed by atoms with Crippen LogP contribution in [0, 0.1) is 12.0 Å². The van der Waals surface area contributed by atoms with E-state index in [1.165, 1.54) is 0 Å². The van der Waals surface area contributed by atoms with Gasteiger partial charge in [0, 0.05) is 0 Å². The molecule has 0 aromatic rings. The fourth-order valence-corrected chi connectivity index (χ4v) is 3.00. The molecule has 0 aliphatic rings. The van der Waals surface area contributed by atoms with E-state index in [4.69, 9.17) is 6.42 Å². The van der Waals surface area contributed by atoms with Crippen molar-refractivity contribution in [1.82, 2.24) is 0 Å². The van der Waals surface area contributed by atoms with E-state index in [9.17, 15) is 0 Å². The molecule has 0 bridgehead atoms. The smallest absolute Gasteiger partial charge is 0.134 e. The molecule has 0 radical (unpaired) electrons. The third kappa shape index (κ3) is 1.64. The topological polar surface area (TPSA) is 0 Å². The van der Waals surface area contributed by atoms with E-state index < -0.39 is 8.07 Å². The number of hydrogen-bond donors (Lipinski definition) is 0. The second kappa shape index (κ2) is 3.25. The van der Waals surface area contributed by atoms with E-state index in [-0.39, 0.29) is 0 Å². The second-order valence-corrected chi connectivity index (χ2v) is 8.90. The summed E-state index contributed by atoms with van der Waals surface area (Å²) in [6, 6.07) is 0. The highest BCUT2D eigenvalue weighted by Crippen LogP contribution is 2.30. The highest BCUT2D eigenvalue weighted by atomic mass is 28.3. The van der Waals surface area contributed by atoms with Gasteiger partial charge in [-0.15, -0.1) is 12.0 Å². The lowest BCUT2D eigenvalue weighted by Gasteiger charge is -2.29. The van der Waals surface area contributed by atoms with Crippen LogP contribution in [0.15, 0.2) is 0 Å². The summed E-state index contributed by atoms with van der Waals surface area (Å²) in [6.07, 6.45) is 5.52. The number of hydrogen-bond acceptors (Lipinski definition) is 0. The number of terminal acetylenes is 1. The van der Waals surface area contributed by atoms with Crippen molar-refractivity contribution in [2.24, 2.45) is 0 Å². The van der Waals surface area contributed by atoms with Crippen molar-refractivity contribution < 1.29 is 0 Å². The number of rotatable bonds is 2. The zero-order valence-electron chi connectivity index (χ0n) is 7.73. The lowest BCUT2D eigenvalue weighted by molar-refractivity contribution is 0.921. The van der Waals surface area contributed by atoms with Gasteiger partial charge in [-0.25, -0.2) is 0 Å². The van der Waals surface area contributed by atoms with Crippen molar-refractivity contribution in [3.05, 3.63) is 0 Å². The van der Waals surface area contributed by atoms with Crippen molar-refractivity contribution >= 4 is 8.07 Å². The van der Waals surface area contributed by atoms with Crippen molar-refractivity contribution in [2.75, 3.05) is 0 Å². The molecule has 0 saturated carbocycles.